The van der Waals surface area contributed by atoms with Gasteiger partial charge in [0.2, 0.25) is 0 Å². The molecule has 0 aliphatic carbocycles. The van der Waals surface area contributed by atoms with Crippen LogP contribution in [0.4, 0.5) is 0 Å². The van der Waals surface area contributed by atoms with Crippen LogP contribution in [0.15, 0.2) is 12.7 Å². The molecular weight excluding hydrogens is 230 g/mol. The smallest absolute Gasteiger partial charge is 0.164 e. The Labute approximate surface area is 106 Å². The summed E-state index contributed by atoms with van der Waals surface area (Å²) in [5.41, 5.74) is 0. The van der Waals surface area contributed by atoms with Crippen molar-refractivity contribution < 1.29 is 0 Å². The summed E-state index contributed by atoms with van der Waals surface area (Å²) in [6.07, 6.45) is 3.43. The van der Waals surface area contributed by atoms with Crippen molar-refractivity contribution in [3.63, 3.8) is 0 Å². The Kier molecular flexibility index (Phi) is 3.71. The molecule has 7 nitrogen and oxygen atoms in total. The average molecular weight is 249 g/mol. The topological polar surface area (TPSA) is 64.7 Å². The van der Waals surface area contributed by atoms with Crippen LogP contribution in [-0.2, 0) is 27.2 Å². The van der Waals surface area contributed by atoms with Gasteiger partial charge in [-0.1, -0.05) is 0 Å². The molecule has 2 aromatic rings. The van der Waals surface area contributed by atoms with Gasteiger partial charge in [0.15, 0.2) is 11.6 Å². The third-order valence-electron chi connectivity index (χ3n) is 2.71. The van der Waals surface area contributed by atoms with Crippen molar-refractivity contribution in [3.8, 4) is 0 Å². The highest BCUT2D eigenvalue weighted by Gasteiger charge is 2.15. The lowest BCUT2D eigenvalue weighted by Crippen LogP contribution is -2.30. The number of hydrogen-bond acceptors (Lipinski definition) is 5. The highest BCUT2D eigenvalue weighted by atomic mass is 15.3. The van der Waals surface area contributed by atoms with Gasteiger partial charge in [-0.05, 0) is 13.8 Å². The summed E-state index contributed by atoms with van der Waals surface area (Å²) in [4.78, 5) is 10.7. The van der Waals surface area contributed by atoms with Gasteiger partial charge in [0, 0.05) is 20.1 Å². The molecule has 0 spiro atoms. The molecule has 0 aliphatic rings. The van der Waals surface area contributed by atoms with Crippen molar-refractivity contribution in [2.75, 3.05) is 0 Å². The van der Waals surface area contributed by atoms with Crippen LogP contribution in [0.1, 0.15) is 25.5 Å². The van der Waals surface area contributed by atoms with E-state index < -0.39 is 0 Å². The molecule has 0 aliphatic heterocycles. The molecule has 0 unspecified atom stereocenters. The summed E-state index contributed by atoms with van der Waals surface area (Å²) in [5.74, 6) is 1.64. The van der Waals surface area contributed by atoms with Gasteiger partial charge in [0.25, 0.3) is 0 Å². The first-order valence-corrected chi connectivity index (χ1v) is 5.97. The number of aryl methyl sites for hydroxylation is 2. The molecule has 0 saturated carbocycles. The molecule has 0 radical (unpaired) electrons. The summed E-state index contributed by atoms with van der Waals surface area (Å²) >= 11 is 0. The van der Waals surface area contributed by atoms with E-state index in [2.05, 4.69) is 38.9 Å². The van der Waals surface area contributed by atoms with Crippen LogP contribution in [0.2, 0.25) is 0 Å². The SMILES string of the molecule is CC(C)N(Cc1ncn(C)n1)Cc1ncn(C)n1. The van der Waals surface area contributed by atoms with Crippen molar-refractivity contribution in [2.24, 2.45) is 14.1 Å². The Hall–Kier alpha value is -1.76. The first-order valence-electron chi connectivity index (χ1n) is 5.97. The maximum atomic E-state index is 4.30. The molecule has 98 valence electrons. The normalized spacial score (nSPS) is 11.7. The third-order valence-corrected chi connectivity index (χ3v) is 2.71. The molecule has 0 atom stereocenters. The molecule has 0 N–H and O–H groups in total. The molecule has 2 heterocycles. The second-order valence-electron chi connectivity index (χ2n) is 4.67. The van der Waals surface area contributed by atoms with Gasteiger partial charge in [0.05, 0.1) is 13.1 Å². The van der Waals surface area contributed by atoms with E-state index in [0.717, 1.165) is 11.6 Å². The van der Waals surface area contributed by atoms with E-state index in [-0.39, 0.29) is 0 Å². The van der Waals surface area contributed by atoms with Crippen LogP contribution < -0.4 is 0 Å². The van der Waals surface area contributed by atoms with Gasteiger partial charge < -0.3 is 0 Å². The number of hydrogen-bond donors (Lipinski definition) is 0. The molecule has 0 saturated heterocycles. The lowest BCUT2D eigenvalue weighted by molar-refractivity contribution is 0.193. The van der Waals surface area contributed by atoms with E-state index in [1.54, 1.807) is 22.0 Å². The molecule has 2 rings (SSSR count). The highest BCUT2D eigenvalue weighted by molar-refractivity contribution is 4.87. The zero-order valence-corrected chi connectivity index (χ0v) is 11.3. The summed E-state index contributed by atoms with van der Waals surface area (Å²) in [7, 11) is 3.74. The lowest BCUT2D eigenvalue weighted by Gasteiger charge is -2.23. The molecule has 0 bridgehead atoms. The standard InChI is InChI=1S/C11H19N7/c1-9(2)18(5-10-12-7-16(3)14-10)6-11-13-8-17(4)15-11/h7-9H,5-6H2,1-4H3. The molecule has 7 heteroatoms. The van der Waals surface area contributed by atoms with E-state index in [1.807, 2.05) is 14.1 Å². The monoisotopic (exact) mass is 249 g/mol. The maximum absolute atomic E-state index is 4.30. The van der Waals surface area contributed by atoms with Gasteiger partial charge in [-0.25, -0.2) is 9.97 Å². The zero-order chi connectivity index (χ0) is 13.1. The van der Waals surface area contributed by atoms with Crippen molar-refractivity contribution in [3.05, 3.63) is 24.3 Å². The Morgan fingerprint density at radius 3 is 1.72 bits per heavy atom. The molecule has 0 fully saturated rings. The van der Waals surface area contributed by atoms with Crippen LogP contribution in [-0.4, -0.2) is 40.5 Å². The van der Waals surface area contributed by atoms with Crippen LogP contribution in [0.5, 0.6) is 0 Å². The molecular formula is C11H19N7. The van der Waals surface area contributed by atoms with E-state index >= 15 is 0 Å². The minimum absolute atomic E-state index is 0.387. The van der Waals surface area contributed by atoms with Crippen LogP contribution in [0, 0.1) is 0 Å². The second-order valence-corrected chi connectivity index (χ2v) is 4.67. The van der Waals surface area contributed by atoms with Crippen molar-refractivity contribution in [1.82, 2.24) is 34.4 Å². The minimum atomic E-state index is 0.387. The maximum Gasteiger partial charge on any atom is 0.164 e. The first kappa shape index (κ1) is 12.7. The molecule has 2 aromatic heterocycles. The Balaban J connectivity index is 2.04. The molecule has 0 aromatic carbocycles. The summed E-state index contributed by atoms with van der Waals surface area (Å²) in [6.45, 7) is 5.70. The average Bonchev–Trinajstić information content (AvgIpc) is 2.87. The number of nitrogens with zero attached hydrogens (tertiary/aromatic N) is 7. The minimum Gasteiger partial charge on any atom is -0.286 e. The van der Waals surface area contributed by atoms with E-state index in [1.165, 1.54) is 0 Å². The van der Waals surface area contributed by atoms with Gasteiger partial charge in [-0.2, -0.15) is 10.2 Å². The van der Waals surface area contributed by atoms with Crippen molar-refractivity contribution in [1.29, 1.82) is 0 Å². The third kappa shape index (κ3) is 3.13. The summed E-state index contributed by atoms with van der Waals surface area (Å²) in [5, 5.41) is 8.60. The molecule has 0 amide bonds. The summed E-state index contributed by atoms with van der Waals surface area (Å²) < 4.78 is 3.43. The fraction of sp³-hybridized carbons (Fsp3) is 0.636. The van der Waals surface area contributed by atoms with Gasteiger partial charge in [-0.3, -0.25) is 14.3 Å². The Morgan fingerprint density at radius 2 is 1.44 bits per heavy atom. The quantitative estimate of drug-likeness (QED) is 0.765. The molecule has 18 heavy (non-hydrogen) atoms. The predicted molar refractivity (Wildman–Crippen MR) is 66.4 cm³/mol. The van der Waals surface area contributed by atoms with E-state index in [0.29, 0.717) is 19.1 Å². The zero-order valence-electron chi connectivity index (χ0n) is 11.3. The second kappa shape index (κ2) is 5.26. The summed E-state index contributed by atoms with van der Waals surface area (Å²) in [6, 6.07) is 0.387. The van der Waals surface area contributed by atoms with Crippen LogP contribution >= 0.6 is 0 Å². The van der Waals surface area contributed by atoms with E-state index in [4.69, 9.17) is 0 Å². The lowest BCUT2D eigenvalue weighted by atomic mass is 10.3. The van der Waals surface area contributed by atoms with E-state index in [9.17, 15) is 0 Å². The predicted octanol–water partition coefficient (Wildman–Crippen LogP) is 0.354. The van der Waals surface area contributed by atoms with Crippen LogP contribution in [0.25, 0.3) is 0 Å². The van der Waals surface area contributed by atoms with Gasteiger partial charge in [-0.15, -0.1) is 0 Å². The number of rotatable bonds is 5. The van der Waals surface area contributed by atoms with Gasteiger partial charge in [0.1, 0.15) is 12.7 Å². The largest absolute Gasteiger partial charge is 0.286 e. The number of aromatic nitrogens is 6. The van der Waals surface area contributed by atoms with Crippen molar-refractivity contribution >= 4 is 0 Å². The first-order chi connectivity index (χ1) is 8.54. The Morgan fingerprint density at radius 1 is 1.00 bits per heavy atom. The van der Waals surface area contributed by atoms with Crippen molar-refractivity contribution in [2.45, 2.75) is 33.0 Å². The fourth-order valence-electron chi connectivity index (χ4n) is 1.70. The highest BCUT2D eigenvalue weighted by Crippen LogP contribution is 2.08. The fourth-order valence-corrected chi connectivity index (χ4v) is 1.70. The van der Waals surface area contributed by atoms with Gasteiger partial charge >= 0.3 is 0 Å². The Bertz CT molecular complexity index is 457. The van der Waals surface area contributed by atoms with Crippen LogP contribution in [0.3, 0.4) is 0 Å².